The number of hydrogen-bond donors (Lipinski definition) is 0. The second-order valence-electron chi connectivity index (χ2n) is 2.63. The van der Waals surface area contributed by atoms with E-state index in [2.05, 4.69) is 16.1 Å². The first-order chi connectivity index (χ1) is 6.27. The van der Waals surface area contributed by atoms with Crippen LogP contribution < -0.4 is 0 Å². The minimum absolute atomic E-state index is 0.595. The standard InChI is InChI=1S/C9H7ClN3/c1-13-6-4-8(12-13)9-7(10)3-2-5-11-9/h2-3,5-6H,1H3. The van der Waals surface area contributed by atoms with Gasteiger partial charge in [-0.2, -0.15) is 5.10 Å². The van der Waals surface area contributed by atoms with E-state index in [0.717, 1.165) is 0 Å². The number of aromatic nitrogens is 3. The highest BCUT2D eigenvalue weighted by Crippen LogP contribution is 2.22. The maximum atomic E-state index is 5.94. The van der Waals surface area contributed by atoms with Crippen molar-refractivity contribution in [3.63, 3.8) is 0 Å². The van der Waals surface area contributed by atoms with Gasteiger partial charge in [0.2, 0.25) is 0 Å². The maximum absolute atomic E-state index is 5.94. The van der Waals surface area contributed by atoms with Gasteiger partial charge in [-0.15, -0.1) is 0 Å². The lowest BCUT2D eigenvalue weighted by Crippen LogP contribution is -1.89. The predicted molar refractivity (Wildman–Crippen MR) is 50.3 cm³/mol. The summed E-state index contributed by atoms with van der Waals surface area (Å²) in [5.74, 6) is 0. The lowest BCUT2D eigenvalue weighted by molar-refractivity contribution is 0.770. The van der Waals surface area contributed by atoms with Crippen molar-refractivity contribution in [3.05, 3.63) is 35.6 Å². The number of halogens is 1. The molecule has 0 saturated heterocycles. The molecule has 1 radical (unpaired) electrons. The summed E-state index contributed by atoms with van der Waals surface area (Å²) < 4.78 is 1.67. The fraction of sp³-hybridized carbons (Fsp3) is 0.111. The molecule has 2 aromatic heterocycles. The van der Waals surface area contributed by atoms with Gasteiger partial charge < -0.3 is 0 Å². The van der Waals surface area contributed by atoms with Crippen LogP contribution in [-0.4, -0.2) is 14.8 Å². The smallest absolute Gasteiger partial charge is 0.120 e. The summed E-state index contributed by atoms with van der Waals surface area (Å²) in [6.45, 7) is 0. The molecule has 0 unspecified atom stereocenters. The van der Waals surface area contributed by atoms with Crippen molar-refractivity contribution < 1.29 is 0 Å². The summed E-state index contributed by atoms with van der Waals surface area (Å²) in [6, 6.07) is 6.54. The highest BCUT2D eigenvalue weighted by atomic mass is 35.5. The van der Waals surface area contributed by atoms with Crippen LogP contribution in [0, 0.1) is 6.07 Å². The molecule has 0 atom stereocenters. The van der Waals surface area contributed by atoms with E-state index in [0.29, 0.717) is 16.4 Å². The quantitative estimate of drug-likeness (QED) is 0.692. The van der Waals surface area contributed by atoms with Crippen molar-refractivity contribution in [2.45, 2.75) is 0 Å². The molecular weight excluding hydrogens is 186 g/mol. The van der Waals surface area contributed by atoms with Crippen LogP contribution in [-0.2, 0) is 7.05 Å². The van der Waals surface area contributed by atoms with E-state index in [9.17, 15) is 0 Å². The number of rotatable bonds is 1. The van der Waals surface area contributed by atoms with E-state index in [4.69, 9.17) is 11.6 Å². The molecule has 2 aromatic rings. The van der Waals surface area contributed by atoms with Gasteiger partial charge in [-0.25, -0.2) is 0 Å². The van der Waals surface area contributed by atoms with Crippen molar-refractivity contribution in [1.29, 1.82) is 0 Å². The summed E-state index contributed by atoms with van der Waals surface area (Å²) >= 11 is 5.94. The molecule has 0 fully saturated rings. The number of aryl methyl sites for hydroxylation is 1. The Kier molecular flexibility index (Phi) is 2.02. The monoisotopic (exact) mass is 192 g/mol. The summed E-state index contributed by atoms with van der Waals surface area (Å²) in [7, 11) is 1.83. The van der Waals surface area contributed by atoms with Gasteiger partial charge in [0.25, 0.3) is 0 Å². The molecule has 0 aromatic carbocycles. The van der Waals surface area contributed by atoms with E-state index < -0.39 is 0 Å². The molecule has 2 rings (SSSR count). The molecule has 0 aliphatic heterocycles. The zero-order valence-corrected chi connectivity index (χ0v) is 7.78. The summed E-state index contributed by atoms with van der Waals surface area (Å²) in [4.78, 5) is 4.12. The summed E-state index contributed by atoms with van der Waals surface area (Å²) in [5.41, 5.74) is 1.35. The number of hydrogen-bond acceptors (Lipinski definition) is 2. The lowest BCUT2D eigenvalue weighted by atomic mass is 10.3. The Morgan fingerprint density at radius 2 is 2.38 bits per heavy atom. The van der Waals surface area contributed by atoms with E-state index in [1.54, 1.807) is 29.2 Å². The van der Waals surface area contributed by atoms with Gasteiger partial charge in [0, 0.05) is 25.5 Å². The van der Waals surface area contributed by atoms with Gasteiger partial charge in [0.1, 0.15) is 11.4 Å². The molecule has 4 heteroatoms. The third-order valence-corrected chi connectivity index (χ3v) is 1.93. The van der Waals surface area contributed by atoms with Crippen LogP contribution in [0.1, 0.15) is 0 Å². The first-order valence-electron chi connectivity index (χ1n) is 3.79. The van der Waals surface area contributed by atoms with Gasteiger partial charge in [0.15, 0.2) is 0 Å². The Hall–Kier alpha value is -1.35. The predicted octanol–water partition coefficient (Wildman–Crippen LogP) is 1.94. The van der Waals surface area contributed by atoms with Gasteiger partial charge in [0.05, 0.1) is 5.02 Å². The molecule has 0 aliphatic carbocycles. The molecule has 0 spiro atoms. The van der Waals surface area contributed by atoms with Crippen molar-refractivity contribution >= 4 is 11.6 Å². The molecule has 2 heterocycles. The van der Waals surface area contributed by atoms with E-state index in [1.165, 1.54) is 0 Å². The van der Waals surface area contributed by atoms with E-state index in [1.807, 2.05) is 7.05 Å². The fourth-order valence-electron chi connectivity index (χ4n) is 1.05. The van der Waals surface area contributed by atoms with Gasteiger partial charge >= 0.3 is 0 Å². The molecule has 65 valence electrons. The minimum atomic E-state index is 0.595. The molecule has 0 bridgehead atoms. The normalized spacial score (nSPS) is 10.3. The first kappa shape index (κ1) is 8.26. The highest BCUT2D eigenvalue weighted by molar-refractivity contribution is 6.32. The van der Waals surface area contributed by atoms with E-state index in [-0.39, 0.29) is 0 Å². The minimum Gasteiger partial charge on any atom is -0.274 e. The number of pyridine rings is 1. The lowest BCUT2D eigenvalue weighted by Gasteiger charge is -1.96. The van der Waals surface area contributed by atoms with Crippen LogP contribution in [0.2, 0.25) is 5.02 Å². The van der Waals surface area contributed by atoms with E-state index >= 15 is 0 Å². The van der Waals surface area contributed by atoms with Crippen LogP contribution in [0.3, 0.4) is 0 Å². The van der Waals surface area contributed by atoms with Gasteiger partial charge in [-0.05, 0) is 12.1 Å². The zero-order valence-electron chi connectivity index (χ0n) is 7.03. The topological polar surface area (TPSA) is 30.7 Å². The molecule has 0 aliphatic rings. The third-order valence-electron chi connectivity index (χ3n) is 1.63. The number of nitrogens with zero attached hydrogens (tertiary/aromatic N) is 3. The molecule has 3 nitrogen and oxygen atoms in total. The Morgan fingerprint density at radius 3 is 3.00 bits per heavy atom. The Labute approximate surface area is 81.0 Å². The van der Waals surface area contributed by atoms with Crippen LogP contribution in [0.25, 0.3) is 11.4 Å². The van der Waals surface area contributed by atoms with Crippen molar-refractivity contribution in [2.24, 2.45) is 7.05 Å². The van der Waals surface area contributed by atoms with Crippen molar-refractivity contribution in [2.75, 3.05) is 0 Å². The highest BCUT2D eigenvalue weighted by Gasteiger charge is 2.06. The average molecular weight is 193 g/mol. The van der Waals surface area contributed by atoms with Gasteiger partial charge in [-0.1, -0.05) is 11.6 Å². The summed E-state index contributed by atoms with van der Waals surface area (Å²) in [6.07, 6.45) is 3.42. The average Bonchev–Trinajstić information content (AvgIpc) is 2.53. The van der Waals surface area contributed by atoms with Crippen LogP contribution in [0.5, 0.6) is 0 Å². The Bertz CT molecular complexity index is 422. The Morgan fingerprint density at radius 1 is 1.54 bits per heavy atom. The summed E-state index contributed by atoms with van der Waals surface area (Å²) in [5, 5.41) is 4.75. The third kappa shape index (κ3) is 1.55. The van der Waals surface area contributed by atoms with Crippen LogP contribution in [0.15, 0.2) is 24.5 Å². The second kappa shape index (κ2) is 3.18. The SMILES string of the molecule is Cn1c[c]c(-c2ncccc2Cl)n1. The van der Waals surface area contributed by atoms with Crippen LogP contribution >= 0.6 is 11.6 Å². The Balaban J connectivity index is 2.52. The molecule has 13 heavy (non-hydrogen) atoms. The van der Waals surface area contributed by atoms with Crippen LogP contribution in [0.4, 0.5) is 0 Å². The van der Waals surface area contributed by atoms with Crippen molar-refractivity contribution in [3.8, 4) is 11.4 Å². The second-order valence-corrected chi connectivity index (χ2v) is 3.04. The largest absolute Gasteiger partial charge is 0.274 e. The molecular formula is C9H7ClN3. The van der Waals surface area contributed by atoms with Gasteiger partial charge in [-0.3, -0.25) is 9.67 Å². The molecule has 0 amide bonds. The molecule has 0 saturated carbocycles. The zero-order chi connectivity index (χ0) is 9.26. The maximum Gasteiger partial charge on any atom is 0.120 e. The fourth-order valence-corrected chi connectivity index (χ4v) is 1.26. The van der Waals surface area contributed by atoms with Crippen molar-refractivity contribution in [1.82, 2.24) is 14.8 Å². The molecule has 0 N–H and O–H groups in total. The first-order valence-corrected chi connectivity index (χ1v) is 4.17.